The quantitative estimate of drug-likeness (QED) is 0.263. The van der Waals surface area contributed by atoms with E-state index in [9.17, 15) is 0 Å². The predicted molar refractivity (Wildman–Crippen MR) is 49.7 cm³/mol. The van der Waals surface area contributed by atoms with E-state index in [1.807, 2.05) is 0 Å². The Morgan fingerprint density at radius 2 is 1.00 bits per heavy atom. The van der Waals surface area contributed by atoms with Crippen molar-refractivity contribution in [1.82, 2.24) is 0 Å². The van der Waals surface area contributed by atoms with Gasteiger partial charge in [0.25, 0.3) is 15.3 Å². The molecule has 3 heterocycles. The molecule has 2 unspecified atom stereocenters. The smallest absolute Gasteiger partial charge is 0.291 e. The molecule has 15 nitrogen and oxygen atoms in total. The molecule has 15 heteroatoms. The third kappa shape index (κ3) is 5.89. The van der Waals surface area contributed by atoms with E-state index in [1.165, 1.54) is 0 Å². The summed E-state index contributed by atoms with van der Waals surface area (Å²) in [6, 6.07) is 0. The van der Waals surface area contributed by atoms with Crippen molar-refractivity contribution in [2.45, 2.75) is 11.4 Å². The fraction of sp³-hybridized carbons (Fsp3) is 1.00. The Balaban J connectivity index is 0.000000265. The number of rotatable bonds is 0. The Labute approximate surface area is 108 Å². The minimum Gasteiger partial charge on any atom is -0.361 e. The average molecular weight is 303 g/mol. The molecule has 3 saturated heterocycles. The third-order valence-corrected chi connectivity index (χ3v) is 2.13. The summed E-state index contributed by atoms with van der Waals surface area (Å²) in [6.45, 7) is 2.33. The molecule has 0 amide bonds. The summed E-state index contributed by atoms with van der Waals surface area (Å²) in [7, 11) is 0. The Kier molecular flexibility index (Phi) is 5.76. The molecule has 116 valence electrons. The Morgan fingerprint density at radius 3 is 1.05 bits per heavy atom. The molecule has 2 atom stereocenters. The fourth-order valence-electron chi connectivity index (χ4n) is 1.20. The first kappa shape index (κ1) is 17.5. The molecule has 0 aliphatic carbocycles. The maximum Gasteiger partial charge on any atom is 0.291 e. The van der Waals surface area contributed by atoms with Gasteiger partial charge < -0.3 is 29.8 Å². The van der Waals surface area contributed by atoms with E-state index in [0.29, 0.717) is 0 Å². The zero-order valence-corrected chi connectivity index (χ0v) is 9.48. The van der Waals surface area contributed by atoms with Crippen molar-refractivity contribution in [2.24, 2.45) is 0 Å². The molecule has 0 aromatic rings. The molecule has 20 heavy (non-hydrogen) atoms. The van der Waals surface area contributed by atoms with Crippen LogP contribution in [0.5, 0.6) is 0 Å². The van der Waals surface area contributed by atoms with Crippen LogP contribution in [0.15, 0.2) is 0 Å². The predicted octanol–water partition coefficient (Wildman–Crippen LogP) is -1.53. The summed E-state index contributed by atoms with van der Waals surface area (Å²) in [5.74, 6) is -0.243. The highest BCUT2D eigenvalue weighted by Gasteiger charge is 2.78. The molecule has 3 fully saturated rings. The van der Waals surface area contributed by atoms with Gasteiger partial charge in [0, 0.05) is 0 Å². The summed E-state index contributed by atoms with van der Waals surface area (Å²) < 4.78 is 15.4. The normalized spacial score (nSPS) is 30.0. The monoisotopic (exact) mass is 303 g/mol. The van der Waals surface area contributed by atoms with Crippen molar-refractivity contribution in [1.29, 1.82) is 0 Å². The highest BCUT2D eigenvalue weighted by Crippen LogP contribution is 2.57. The van der Waals surface area contributed by atoms with E-state index in [2.05, 4.69) is 0 Å². The molecule has 2 spiro atoms. The molecule has 0 saturated carbocycles. The Bertz CT molecular complexity index is 317. The van der Waals surface area contributed by atoms with Crippen LogP contribution in [0.1, 0.15) is 0 Å². The maximum atomic E-state index is 8.36. The minimum atomic E-state index is -1.50. The molecule has 3 rings (SSSR count). The zero-order chi connectivity index (χ0) is 16.0. The average Bonchev–Trinajstić information content (AvgIpc) is 3.10. The van der Waals surface area contributed by atoms with Crippen LogP contribution in [0, 0.1) is 30.3 Å². The van der Waals surface area contributed by atoms with Crippen LogP contribution >= 0.6 is 0 Å². The van der Waals surface area contributed by atoms with E-state index in [-0.39, 0.29) is 11.4 Å². The Morgan fingerprint density at radius 1 is 0.750 bits per heavy atom. The standard InChI is InChI=1S/C5H6O3.3HNO3/c1-4(6-1)2-7-5(4)3-8-5;3*2-1(3)4/h1-3H2;3*(H,2,3,4). The van der Waals surface area contributed by atoms with Gasteiger partial charge in [-0.1, -0.05) is 0 Å². The summed E-state index contributed by atoms with van der Waals surface area (Å²) >= 11 is 0. The van der Waals surface area contributed by atoms with Crippen molar-refractivity contribution in [2.75, 3.05) is 19.8 Å². The summed E-state index contributed by atoms with van der Waals surface area (Å²) in [5, 5.41) is 40.9. The van der Waals surface area contributed by atoms with Gasteiger partial charge in [0.05, 0.1) is 13.2 Å². The van der Waals surface area contributed by atoms with Crippen LogP contribution in [-0.2, 0) is 14.2 Å². The molecule has 0 aromatic heterocycles. The highest BCUT2D eigenvalue weighted by atomic mass is 16.9. The number of fused-ring (bicyclic) bond motifs is 1. The molecule has 0 aromatic carbocycles. The molecule has 3 aliphatic rings. The fourth-order valence-corrected chi connectivity index (χ4v) is 1.20. The van der Waals surface area contributed by atoms with Gasteiger partial charge in [-0.2, -0.15) is 0 Å². The molecule has 0 bridgehead atoms. The van der Waals surface area contributed by atoms with Crippen molar-refractivity contribution in [3.63, 3.8) is 0 Å². The van der Waals surface area contributed by atoms with Gasteiger partial charge in [-0.25, -0.2) is 0 Å². The first-order valence-electron chi connectivity index (χ1n) is 4.48. The largest absolute Gasteiger partial charge is 0.361 e. The SMILES string of the molecule is C1OC12COC21CO1.O=[N+]([O-])O.O=[N+]([O-])O.O=[N+]([O-])O. The lowest BCUT2D eigenvalue weighted by atomic mass is 10.0. The van der Waals surface area contributed by atoms with Gasteiger partial charge in [0.15, 0.2) is 5.60 Å². The van der Waals surface area contributed by atoms with Crippen molar-refractivity contribution in [3.05, 3.63) is 30.3 Å². The first-order valence-corrected chi connectivity index (χ1v) is 4.48. The highest BCUT2D eigenvalue weighted by molar-refractivity contribution is 5.17. The van der Waals surface area contributed by atoms with Gasteiger partial charge in [-0.15, -0.1) is 30.3 Å². The van der Waals surface area contributed by atoms with E-state index >= 15 is 0 Å². The molecule has 3 N–H and O–H groups in total. The van der Waals surface area contributed by atoms with Crippen LogP contribution in [0.3, 0.4) is 0 Å². The topological polar surface area (TPSA) is 224 Å². The van der Waals surface area contributed by atoms with Crippen molar-refractivity contribution in [3.8, 4) is 0 Å². The lowest BCUT2D eigenvalue weighted by Gasteiger charge is -2.30. The minimum absolute atomic E-state index is 0.0347. The van der Waals surface area contributed by atoms with Gasteiger partial charge in [-0.3, -0.25) is 0 Å². The molecule has 3 aliphatic heterocycles. The third-order valence-electron chi connectivity index (χ3n) is 2.13. The Hall–Kier alpha value is -2.52. The molecule has 0 radical (unpaired) electrons. The number of hydrogen-bond acceptors (Lipinski definition) is 9. The van der Waals surface area contributed by atoms with Crippen molar-refractivity contribution >= 4 is 0 Å². The van der Waals surface area contributed by atoms with E-state index < -0.39 is 15.3 Å². The molecular formula is C5H9N3O12. The first-order chi connectivity index (χ1) is 9.07. The van der Waals surface area contributed by atoms with Crippen LogP contribution in [-0.4, -0.2) is 62.1 Å². The van der Waals surface area contributed by atoms with E-state index in [0.717, 1.165) is 19.8 Å². The van der Waals surface area contributed by atoms with Crippen LogP contribution in [0.4, 0.5) is 0 Å². The molecular weight excluding hydrogens is 294 g/mol. The number of nitrogens with zero attached hydrogens (tertiary/aromatic N) is 3. The second kappa shape index (κ2) is 6.59. The lowest BCUT2D eigenvalue weighted by molar-refractivity contribution is -0.742. The van der Waals surface area contributed by atoms with Crippen LogP contribution in [0.25, 0.3) is 0 Å². The summed E-state index contributed by atoms with van der Waals surface area (Å²) in [4.78, 5) is 25.1. The van der Waals surface area contributed by atoms with Gasteiger partial charge in [0.1, 0.15) is 6.61 Å². The van der Waals surface area contributed by atoms with E-state index in [1.54, 1.807) is 0 Å². The summed E-state index contributed by atoms with van der Waals surface area (Å²) in [5.41, 5.74) is 0.0347. The van der Waals surface area contributed by atoms with Crippen molar-refractivity contribution < 1.29 is 45.1 Å². The van der Waals surface area contributed by atoms with Crippen LogP contribution in [0.2, 0.25) is 0 Å². The summed E-state index contributed by atoms with van der Waals surface area (Å²) in [6.07, 6.45) is 0. The zero-order valence-electron chi connectivity index (χ0n) is 9.48. The van der Waals surface area contributed by atoms with Crippen LogP contribution < -0.4 is 0 Å². The van der Waals surface area contributed by atoms with Gasteiger partial charge >= 0.3 is 0 Å². The van der Waals surface area contributed by atoms with Gasteiger partial charge in [-0.05, 0) is 0 Å². The number of ether oxygens (including phenoxy) is 3. The second-order valence-electron chi connectivity index (χ2n) is 3.33. The van der Waals surface area contributed by atoms with Gasteiger partial charge in [0.2, 0.25) is 5.79 Å². The van der Waals surface area contributed by atoms with E-state index in [4.69, 9.17) is 60.2 Å². The maximum absolute atomic E-state index is 8.36. The lowest BCUT2D eigenvalue weighted by Crippen LogP contribution is -2.52. The second-order valence-corrected chi connectivity index (χ2v) is 3.33. The number of hydrogen-bond donors (Lipinski definition) is 3. The number of epoxide rings is 2.